The predicted octanol–water partition coefficient (Wildman–Crippen LogP) is 2.53. The minimum Gasteiger partial charge on any atom is -0.462 e. The van der Waals surface area contributed by atoms with Crippen molar-refractivity contribution in [1.82, 2.24) is 9.55 Å². The minimum atomic E-state index is -0.511. The highest BCUT2D eigenvalue weighted by Crippen LogP contribution is 2.27. The summed E-state index contributed by atoms with van der Waals surface area (Å²) in [6, 6.07) is 0. The molecule has 0 atom stereocenters. The molecule has 136 valence electrons. The summed E-state index contributed by atoms with van der Waals surface area (Å²) in [5.74, 6) is -0.747. The van der Waals surface area contributed by atoms with Gasteiger partial charge in [0.25, 0.3) is 5.56 Å². The molecule has 0 N–H and O–H groups in total. The summed E-state index contributed by atoms with van der Waals surface area (Å²) >= 11 is 1.12. The Labute approximate surface area is 149 Å². The highest BCUT2D eigenvalue weighted by atomic mass is 32.1. The molecule has 0 aromatic carbocycles. The molecule has 0 bridgehead atoms. The van der Waals surface area contributed by atoms with Gasteiger partial charge in [0.05, 0.1) is 24.4 Å². The first kappa shape index (κ1) is 19.1. The monoisotopic (exact) mass is 366 g/mol. The molecule has 0 saturated heterocycles. The van der Waals surface area contributed by atoms with Crippen molar-refractivity contribution < 1.29 is 19.1 Å². The fraction of sp³-hybridized carbons (Fsp3) is 0.529. The molecular weight excluding hydrogens is 344 g/mol. The number of nitrogens with zero attached hydrogens (tertiary/aromatic N) is 2. The van der Waals surface area contributed by atoms with Gasteiger partial charge in [0.15, 0.2) is 0 Å². The average Bonchev–Trinajstić information content (AvgIpc) is 2.84. The van der Waals surface area contributed by atoms with Crippen molar-refractivity contribution in [3.8, 4) is 0 Å². The van der Waals surface area contributed by atoms with E-state index in [4.69, 9.17) is 9.47 Å². The van der Waals surface area contributed by atoms with Gasteiger partial charge in [-0.05, 0) is 32.3 Å². The van der Waals surface area contributed by atoms with Gasteiger partial charge in [0, 0.05) is 0 Å². The number of carbonyl (C=O) groups excluding carboxylic acids is 2. The van der Waals surface area contributed by atoms with Crippen LogP contribution in [0.15, 0.2) is 11.1 Å². The summed E-state index contributed by atoms with van der Waals surface area (Å²) in [4.78, 5) is 41.6. The van der Waals surface area contributed by atoms with Gasteiger partial charge in [-0.25, -0.2) is 9.78 Å². The molecule has 2 heterocycles. The van der Waals surface area contributed by atoms with E-state index in [1.165, 1.54) is 10.9 Å². The quantitative estimate of drug-likeness (QED) is 0.730. The third-order valence-corrected chi connectivity index (χ3v) is 4.50. The highest BCUT2D eigenvalue weighted by Gasteiger charge is 2.21. The van der Waals surface area contributed by atoms with Crippen molar-refractivity contribution in [2.24, 2.45) is 5.92 Å². The van der Waals surface area contributed by atoms with E-state index in [2.05, 4.69) is 4.98 Å². The number of carbonyl (C=O) groups is 2. The minimum absolute atomic E-state index is 0.220. The van der Waals surface area contributed by atoms with Crippen LogP contribution in [0.3, 0.4) is 0 Å². The lowest BCUT2D eigenvalue weighted by atomic mass is 10.2. The molecule has 0 fully saturated rings. The van der Waals surface area contributed by atoms with Gasteiger partial charge in [0.1, 0.15) is 16.3 Å². The van der Waals surface area contributed by atoms with Crippen LogP contribution in [0.4, 0.5) is 0 Å². The standard InChI is InChI=1S/C17H22N2O5S/c1-9(2)7-23-17(22)14-11(5)13-15(25-14)18-8-19(16(13)21)6-12(20)24-10(3)4/h8-10H,6-7H2,1-5H3. The summed E-state index contributed by atoms with van der Waals surface area (Å²) < 4.78 is 11.5. The molecule has 0 aliphatic rings. The zero-order valence-corrected chi connectivity index (χ0v) is 15.8. The number of aromatic nitrogens is 2. The molecule has 0 spiro atoms. The largest absolute Gasteiger partial charge is 0.462 e. The van der Waals surface area contributed by atoms with Crippen molar-refractivity contribution in [3.05, 3.63) is 27.1 Å². The Morgan fingerprint density at radius 1 is 1.28 bits per heavy atom. The Bertz CT molecular complexity index is 851. The lowest BCUT2D eigenvalue weighted by Crippen LogP contribution is -2.26. The van der Waals surface area contributed by atoms with Crippen LogP contribution in [0, 0.1) is 12.8 Å². The number of hydrogen-bond acceptors (Lipinski definition) is 7. The first-order chi connectivity index (χ1) is 11.7. The number of thiophene rings is 1. The van der Waals surface area contributed by atoms with Crippen LogP contribution < -0.4 is 5.56 Å². The Balaban J connectivity index is 2.35. The second-order valence-electron chi connectivity index (χ2n) is 6.44. The normalized spacial score (nSPS) is 11.3. The fourth-order valence-electron chi connectivity index (χ4n) is 2.21. The maximum absolute atomic E-state index is 12.6. The summed E-state index contributed by atoms with van der Waals surface area (Å²) in [6.07, 6.45) is 1.04. The first-order valence-electron chi connectivity index (χ1n) is 8.05. The van der Waals surface area contributed by atoms with Crippen LogP contribution in [-0.2, 0) is 20.8 Å². The Kier molecular flexibility index (Phi) is 5.94. The van der Waals surface area contributed by atoms with E-state index >= 15 is 0 Å². The van der Waals surface area contributed by atoms with Crippen LogP contribution in [0.2, 0.25) is 0 Å². The number of fused-ring (bicyclic) bond motifs is 1. The molecule has 25 heavy (non-hydrogen) atoms. The Morgan fingerprint density at radius 2 is 1.96 bits per heavy atom. The molecule has 8 heteroatoms. The molecule has 0 aliphatic carbocycles. The zero-order chi connectivity index (χ0) is 18.7. The van der Waals surface area contributed by atoms with Crippen LogP contribution in [0.5, 0.6) is 0 Å². The summed E-state index contributed by atoms with van der Waals surface area (Å²) in [7, 11) is 0. The smallest absolute Gasteiger partial charge is 0.348 e. The summed E-state index contributed by atoms with van der Waals surface area (Å²) in [6.45, 7) is 9.14. The molecule has 2 rings (SSSR count). The van der Waals surface area contributed by atoms with Gasteiger partial charge >= 0.3 is 11.9 Å². The molecule has 7 nitrogen and oxygen atoms in total. The van der Waals surface area contributed by atoms with Gasteiger partial charge in [0.2, 0.25) is 0 Å². The molecular formula is C17H22N2O5S. The summed E-state index contributed by atoms with van der Waals surface area (Å²) in [5.41, 5.74) is 0.153. The van der Waals surface area contributed by atoms with E-state index in [0.29, 0.717) is 27.3 Å². The van der Waals surface area contributed by atoms with E-state index in [1.807, 2.05) is 13.8 Å². The van der Waals surface area contributed by atoms with Crippen LogP contribution in [0.25, 0.3) is 10.2 Å². The Morgan fingerprint density at radius 3 is 2.56 bits per heavy atom. The third kappa shape index (κ3) is 4.45. The molecule has 0 radical (unpaired) electrons. The van der Waals surface area contributed by atoms with Crippen LogP contribution in [0.1, 0.15) is 42.9 Å². The number of esters is 2. The van der Waals surface area contributed by atoms with Gasteiger partial charge in [-0.1, -0.05) is 13.8 Å². The maximum Gasteiger partial charge on any atom is 0.348 e. The average molecular weight is 366 g/mol. The Hall–Kier alpha value is -2.22. The van der Waals surface area contributed by atoms with Crippen LogP contribution in [-0.4, -0.2) is 34.2 Å². The van der Waals surface area contributed by atoms with Crippen LogP contribution >= 0.6 is 11.3 Å². The van der Waals surface area contributed by atoms with Crippen molar-refractivity contribution >= 4 is 33.5 Å². The fourth-order valence-corrected chi connectivity index (χ4v) is 3.25. The number of ether oxygens (including phenoxy) is 2. The van der Waals surface area contributed by atoms with Crippen molar-refractivity contribution in [2.75, 3.05) is 6.61 Å². The third-order valence-electron chi connectivity index (χ3n) is 3.32. The van der Waals surface area contributed by atoms with Gasteiger partial charge in [-0.2, -0.15) is 0 Å². The molecule has 2 aromatic heterocycles. The molecule has 0 unspecified atom stereocenters. The molecule has 2 aromatic rings. The topological polar surface area (TPSA) is 87.5 Å². The molecule has 0 saturated carbocycles. The van der Waals surface area contributed by atoms with Gasteiger partial charge in [-0.15, -0.1) is 11.3 Å². The van der Waals surface area contributed by atoms with E-state index < -0.39 is 11.9 Å². The van der Waals surface area contributed by atoms with Crippen molar-refractivity contribution in [3.63, 3.8) is 0 Å². The second kappa shape index (κ2) is 7.77. The zero-order valence-electron chi connectivity index (χ0n) is 15.0. The van der Waals surface area contributed by atoms with E-state index in [9.17, 15) is 14.4 Å². The lowest BCUT2D eigenvalue weighted by molar-refractivity contribution is -0.148. The lowest BCUT2D eigenvalue weighted by Gasteiger charge is -2.09. The van der Waals surface area contributed by atoms with E-state index in [0.717, 1.165) is 11.3 Å². The van der Waals surface area contributed by atoms with E-state index in [-0.39, 0.29) is 24.1 Å². The second-order valence-corrected chi connectivity index (χ2v) is 7.44. The van der Waals surface area contributed by atoms with E-state index in [1.54, 1.807) is 20.8 Å². The molecule has 0 amide bonds. The first-order valence-corrected chi connectivity index (χ1v) is 8.87. The van der Waals surface area contributed by atoms with Gasteiger partial charge in [-0.3, -0.25) is 14.2 Å². The van der Waals surface area contributed by atoms with Gasteiger partial charge < -0.3 is 9.47 Å². The highest BCUT2D eigenvalue weighted by molar-refractivity contribution is 7.20. The number of hydrogen-bond donors (Lipinski definition) is 0. The molecule has 0 aliphatic heterocycles. The maximum atomic E-state index is 12.6. The number of rotatable bonds is 6. The SMILES string of the molecule is Cc1c(C(=O)OCC(C)C)sc2ncn(CC(=O)OC(C)C)c(=O)c12. The van der Waals surface area contributed by atoms with Crippen molar-refractivity contribution in [1.29, 1.82) is 0 Å². The van der Waals surface area contributed by atoms with Crippen molar-refractivity contribution in [2.45, 2.75) is 47.3 Å². The summed E-state index contributed by atoms with van der Waals surface area (Å²) in [5, 5.41) is 0.335. The predicted molar refractivity (Wildman–Crippen MR) is 95.0 cm³/mol. The number of aryl methyl sites for hydroxylation is 1.